The molecule has 170 valence electrons. The zero-order valence-electron chi connectivity index (χ0n) is 15.7. The van der Waals surface area contributed by atoms with Gasteiger partial charge >= 0.3 is 12.7 Å². The van der Waals surface area contributed by atoms with E-state index in [-0.39, 0.29) is 16.1 Å². The van der Waals surface area contributed by atoms with E-state index in [1.165, 1.54) is 29.6 Å². The molecule has 0 unspecified atom stereocenters. The van der Waals surface area contributed by atoms with Gasteiger partial charge in [0.25, 0.3) is 11.5 Å². The van der Waals surface area contributed by atoms with Crippen LogP contribution in [-0.4, -0.2) is 49.4 Å². The third-order valence-electron chi connectivity index (χ3n) is 4.21. The minimum absolute atomic E-state index is 0.0382. The molecule has 2 aromatic heterocycles. The van der Waals surface area contributed by atoms with Crippen molar-refractivity contribution in [2.24, 2.45) is 0 Å². The van der Waals surface area contributed by atoms with Gasteiger partial charge in [-0.15, -0.1) is 0 Å². The number of amides is 1. The second-order valence-electron chi connectivity index (χ2n) is 6.37. The van der Waals surface area contributed by atoms with E-state index in [0.717, 1.165) is 18.5 Å². The Labute approximate surface area is 180 Å². The molecule has 0 saturated carbocycles. The molecule has 0 aliphatic rings. The molecule has 14 heteroatoms. The molecule has 1 aromatic carbocycles. The molecular weight excluding hydrogens is 465 g/mol. The van der Waals surface area contributed by atoms with E-state index in [1.54, 1.807) is 0 Å². The maximum absolute atomic E-state index is 12.9. The summed E-state index contributed by atoms with van der Waals surface area (Å²) in [5.74, 6) is -1.45. The van der Waals surface area contributed by atoms with Crippen molar-refractivity contribution in [2.75, 3.05) is 6.61 Å². The lowest BCUT2D eigenvalue weighted by Gasteiger charge is -2.19. The average Bonchev–Trinajstić information content (AvgIpc) is 3.22. The number of benzene rings is 1. The summed E-state index contributed by atoms with van der Waals surface area (Å²) in [7, 11) is 0. The lowest BCUT2D eigenvalue weighted by atomic mass is 10.1. The highest BCUT2D eigenvalue weighted by Gasteiger charge is 2.40. The summed E-state index contributed by atoms with van der Waals surface area (Å²) in [5, 5.41) is 18.2. The molecule has 0 bridgehead atoms. The Balaban J connectivity index is 2.15. The SMILES string of the molecule is O=C(N[C@H](CO)C(F)(F)F)c1cc(-c2ccc(Cl)cc2)nn(-c2cnn(C(F)F)c2)c1=O. The van der Waals surface area contributed by atoms with Crippen molar-refractivity contribution in [1.82, 2.24) is 24.9 Å². The summed E-state index contributed by atoms with van der Waals surface area (Å²) in [5.41, 5.74) is -1.92. The van der Waals surface area contributed by atoms with E-state index in [0.29, 0.717) is 15.3 Å². The van der Waals surface area contributed by atoms with Crippen LogP contribution in [0.15, 0.2) is 47.5 Å². The normalized spacial score (nSPS) is 12.8. The second kappa shape index (κ2) is 9.04. The lowest BCUT2D eigenvalue weighted by molar-refractivity contribution is -0.161. The standard InChI is InChI=1S/C18H13ClF5N5O3/c19-10-3-1-9(2-4-10)13-5-12(15(31)26-14(8-30)18(22,23)24)16(32)29(27-13)11-6-25-28(7-11)17(20)21/h1-7,14,17,30H,8H2,(H,26,31)/t14-/m1/s1. The van der Waals surface area contributed by atoms with E-state index < -0.39 is 42.4 Å². The molecule has 3 aromatic rings. The first-order valence-corrected chi connectivity index (χ1v) is 9.10. The summed E-state index contributed by atoms with van der Waals surface area (Å²) in [6.45, 7) is -4.49. The van der Waals surface area contributed by atoms with Crippen LogP contribution in [0.5, 0.6) is 0 Å². The molecule has 2 heterocycles. The zero-order chi connectivity index (χ0) is 23.6. The van der Waals surface area contributed by atoms with Crippen molar-refractivity contribution in [2.45, 2.75) is 18.8 Å². The molecule has 32 heavy (non-hydrogen) atoms. The first-order valence-electron chi connectivity index (χ1n) is 8.72. The predicted octanol–water partition coefficient (Wildman–Crippen LogP) is 2.80. The first-order chi connectivity index (χ1) is 15.0. The fraction of sp³-hybridized carbons (Fsp3) is 0.222. The molecule has 0 radical (unpaired) electrons. The van der Waals surface area contributed by atoms with Crippen LogP contribution in [-0.2, 0) is 0 Å². The lowest BCUT2D eigenvalue weighted by Crippen LogP contribution is -2.49. The zero-order valence-corrected chi connectivity index (χ0v) is 16.5. The summed E-state index contributed by atoms with van der Waals surface area (Å²) < 4.78 is 65.3. The number of aliphatic hydroxyl groups excluding tert-OH is 1. The summed E-state index contributed by atoms with van der Waals surface area (Å²) in [4.78, 5) is 25.3. The number of carbonyl (C=O) groups is 1. The monoisotopic (exact) mass is 477 g/mol. The van der Waals surface area contributed by atoms with Crippen LogP contribution in [0.1, 0.15) is 16.9 Å². The number of rotatable bonds is 6. The van der Waals surface area contributed by atoms with Gasteiger partial charge < -0.3 is 10.4 Å². The summed E-state index contributed by atoms with van der Waals surface area (Å²) >= 11 is 5.83. The van der Waals surface area contributed by atoms with Gasteiger partial charge in [-0.25, -0.2) is 4.68 Å². The summed E-state index contributed by atoms with van der Waals surface area (Å²) in [6, 6.07) is 4.19. The fourth-order valence-corrected chi connectivity index (χ4v) is 2.73. The minimum atomic E-state index is -4.98. The van der Waals surface area contributed by atoms with Crippen molar-refractivity contribution >= 4 is 17.5 Å². The third kappa shape index (κ3) is 4.94. The largest absolute Gasteiger partial charge is 0.410 e. The molecule has 0 saturated heterocycles. The van der Waals surface area contributed by atoms with Crippen molar-refractivity contribution in [3.63, 3.8) is 0 Å². The number of hydrogen-bond acceptors (Lipinski definition) is 5. The van der Waals surface area contributed by atoms with Crippen molar-refractivity contribution in [1.29, 1.82) is 0 Å². The van der Waals surface area contributed by atoms with Gasteiger partial charge in [0.05, 0.1) is 24.7 Å². The van der Waals surface area contributed by atoms with Crippen molar-refractivity contribution in [3.05, 3.63) is 63.7 Å². The highest BCUT2D eigenvalue weighted by Crippen LogP contribution is 2.22. The Bertz CT molecular complexity index is 1180. The van der Waals surface area contributed by atoms with E-state index >= 15 is 0 Å². The number of aromatic nitrogens is 4. The molecule has 8 nitrogen and oxygen atoms in total. The van der Waals surface area contributed by atoms with Gasteiger partial charge in [0.1, 0.15) is 17.3 Å². The molecule has 0 fully saturated rings. The van der Waals surface area contributed by atoms with E-state index in [2.05, 4.69) is 10.2 Å². The van der Waals surface area contributed by atoms with Gasteiger partial charge in [0.15, 0.2) is 0 Å². The maximum atomic E-state index is 12.9. The topological polar surface area (TPSA) is 102 Å². The van der Waals surface area contributed by atoms with Crippen LogP contribution in [0.3, 0.4) is 0 Å². The predicted molar refractivity (Wildman–Crippen MR) is 102 cm³/mol. The molecule has 2 N–H and O–H groups in total. The average molecular weight is 478 g/mol. The smallest absolute Gasteiger partial charge is 0.394 e. The Kier molecular flexibility index (Phi) is 6.60. The highest BCUT2D eigenvalue weighted by molar-refractivity contribution is 6.30. The molecule has 0 aliphatic carbocycles. The Morgan fingerprint density at radius 2 is 1.88 bits per heavy atom. The van der Waals surface area contributed by atoms with Crippen LogP contribution < -0.4 is 10.9 Å². The van der Waals surface area contributed by atoms with E-state index in [1.807, 2.05) is 0 Å². The van der Waals surface area contributed by atoms with Gasteiger partial charge in [-0.3, -0.25) is 9.59 Å². The quantitative estimate of drug-likeness (QED) is 0.532. The van der Waals surface area contributed by atoms with Gasteiger partial charge in [0, 0.05) is 10.6 Å². The fourth-order valence-electron chi connectivity index (χ4n) is 2.61. The second-order valence-corrected chi connectivity index (χ2v) is 6.81. The number of nitrogens with zero attached hydrogens (tertiary/aromatic N) is 4. The summed E-state index contributed by atoms with van der Waals surface area (Å²) in [6.07, 6.45) is -3.33. The molecular formula is C18H13ClF5N5O3. The number of alkyl halides is 5. The van der Waals surface area contributed by atoms with Crippen molar-refractivity contribution in [3.8, 4) is 16.9 Å². The van der Waals surface area contributed by atoms with Crippen LogP contribution in [0.25, 0.3) is 16.9 Å². The number of nitrogens with one attached hydrogen (secondary N) is 1. The number of halogens is 6. The minimum Gasteiger partial charge on any atom is -0.394 e. The van der Waals surface area contributed by atoms with Crippen LogP contribution in [0, 0.1) is 0 Å². The van der Waals surface area contributed by atoms with Crippen LogP contribution in [0.2, 0.25) is 5.02 Å². The molecule has 1 amide bonds. The Morgan fingerprint density at radius 3 is 2.41 bits per heavy atom. The molecule has 0 aliphatic heterocycles. The van der Waals surface area contributed by atoms with Crippen LogP contribution in [0.4, 0.5) is 22.0 Å². The Hall–Kier alpha value is -3.32. The van der Waals surface area contributed by atoms with Gasteiger partial charge in [0.2, 0.25) is 0 Å². The number of hydrogen-bond donors (Lipinski definition) is 2. The van der Waals surface area contributed by atoms with Gasteiger partial charge in [-0.1, -0.05) is 23.7 Å². The van der Waals surface area contributed by atoms with Gasteiger partial charge in [-0.2, -0.15) is 36.8 Å². The van der Waals surface area contributed by atoms with Crippen LogP contribution >= 0.6 is 11.6 Å². The molecule has 0 spiro atoms. The highest BCUT2D eigenvalue weighted by atomic mass is 35.5. The first kappa shape index (κ1) is 23.3. The van der Waals surface area contributed by atoms with Crippen molar-refractivity contribution < 1.29 is 31.9 Å². The molecule has 1 atom stereocenters. The van der Waals surface area contributed by atoms with Gasteiger partial charge in [-0.05, 0) is 18.2 Å². The van der Waals surface area contributed by atoms with E-state index in [9.17, 15) is 31.5 Å². The third-order valence-corrected chi connectivity index (χ3v) is 4.46. The maximum Gasteiger partial charge on any atom is 0.410 e. The Morgan fingerprint density at radius 1 is 1.22 bits per heavy atom. The number of carbonyl (C=O) groups excluding carboxylic acids is 1. The number of aliphatic hydroxyl groups is 1. The molecule has 3 rings (SSSR count). The van der Waals surface area contributed by atoms with E-state index in [4.69, 9.17) is 16.7 Å².